The Balaban J connectivity index is 2.07. The molecule has 0 heterocycles. The van der Waals surface area contributed by atoms with E-state index >= 15 is 0 Å². The van der Waals surface area contributed by atoms with Crippen LogP contribution in [0.3, 0.4) is 0 Å². The van der Waals surface area contributed by atoms with Gasteiger partial charge in [-0.1, -0.05) is 29.8 Å². The van der Waals surface area contributed by atoms with E-state index in [0.29, 0.717) is 11.4 Å². The Labute approximate surface area is 130 Å². The van der Waals surface area contributed by atoms with E-state index in [-0.39, 0.29) is 5.91 Å². The standard InChI is InChI=1S/C17H19ClN2O/c1-3-19-16-10-12(2)4-9-15(16)20-17(21)11-13-5-7-14(18)8-6-13/h4-10,19H,3,11H2,1-2H3,(H,20,21). The number of carbonyl (C=O) groups excluding carboxylic acids is 1. The molecule has 0 fully saturated rings. The van der Waals surface area contributed by atoms with Gasteiger partial charge in [0.2, 0.25) is 5.91 Å². The molecule has 1 amide bonds. The number of aryl methyl sites for hydroxylation is 1. The first-order valence-electron chi connectivity index (χ1n) is 6.97. The first kappa shape index (κ1) is 15.4. The summed E-state index contributed by atoms with van der Waals surface area (Å²) in [6.07, 6.45) is 0.330. The molecule has 0 unspecified atom stereocenters. The predicted octanol–water partition coefficient (Wildman–Crippen LogP) is 4.26. The van der Waals surface area contributed by atoms with Gasteiger partial charge in [0.1, 0.15) is 0 Å². The number of benzene rings is 2. The Morgan fingerprint density at radius 1 is 1.10 bits per heavy atom. The van der Waals surface area contributed by atoms with E-state index in [2.05, 4.69) is 10.6 Å². The predicted molar refractivity (Wildman–Crippen MR) is 89.1 cm³/mol. The Kier molecular flexibility index (Phi) is 5.23. The summed E-state index contributed by atoms with van der Waals surface area (Å²) in [5, 5.41) is 6.89. The lowest BCUT2D eigenvalue weighted by molar-refractivity contribution is -0.115. The van der Waals surface area contributed by atoms with Gasteiger partial charge in [-0.25, -0.2) is 0 Å². The van der Waals surface area contributed by atoms with Gasteiger partial charge < -0.3 is 10.6 Å². The van der Waals surface area contributed by atoms with Gasteiger partial charge in [-0.2, -0.15) is 0 Å². The SMILES string of the molecule is CCNc1cc(C)ccc1NC(=O)Cc1ccc(Cl)cc1. The summed E-state index contributed by atoms with van der Waals surface area (Å²) in [6, 6.07) is 13.2. The molecule has 0 aliphatic rings. The molecule has 0 saturated carbocycles. The normalized spacial score (nSPS) is 10.2. The van der Waals surface area contributed by atoms with Crippen LogP contribution in [0, 0.1) is 6.92 Å². The minimum atomic E-state index is -0.0414. The van der Waals surface area contributed by atoms with Crippen LogP contribution in [-0.4, -0.2) is 12.5 Å². The Hall–Kier alpha value is -2.00. The number of carbonyl (C=O) groups is 1. The molecule has 0 aliphatic heterocycles. The van der Waals surface area contributed by atoms with E-state index in [9.17, 15) is 4.79 Å². The molecule has 0 spiro atoms. The molecule has 2 aromatic rings. The van der Waals surface area contributed by atoms with E-state index in [1.54, 1.807) is 12.1 Å². The number of halogens is 1. The van der Waals surface area contributed by atoms with Crippen molar-refractivity contribution in [2.45, 2.75) is 20.3 Å². The lowest BCUT2D eigenvalue weighted by Crippen LogP contribution is -2.16. The van der Waals surface area contributed by atoms with Crippen LogP contribution in [0.2, 0.25) is 5.02 Å². The van der Waals surface area contributed by atoms with Crippen molar-refractivity contribution in [3.05, 3.63) is 58.6 Å². The minimum Gasteiger partial charge on any atom is -0.384 e. The van der Waals surface area contributed by atoms with Gasteiger partial charge in [-0.3, -0.25) is 4.79 Å². The van der Waals surface area contributed by atoms with E-state index in [1.165, 1.54) is 0 Å². The minimum absolute atomic E-state index is 0.0414. The zero-order chi connectivity index (χ0) is 15.2. The average molecular weight is 303 g/mol. The Bertz CT molecular complexity index is 623. The largest absolute Gasteiger partial charge is 0.384 e. The maximum absolute atomic E-state index is 12.1. The van der Waals surface area contributed by atoms with Gasteiger partial charge in [-0.15, -0.1) is 0 Å². The Morgan fingerprint density at radius 2 is 1.81 bits per heavy atom. The number of hydrogen-bond donors (Lipinski definition) is 2. The number of anilines is 2. The van der Waals surface area contributed by atoms with Crippen LogP contribution in [0.25, 0.3) is 0 Å². The van der Waals surface area contributed by atoms with Crippen molar-refractivity contribution in [3.8, 4) is 0 Å². The third-order valence-corrected chi connectivity index (χ3v) is 3.35. The molecule has 0 radical (unpaired) electrons. The molecule has 2 N–H and O–H groups in total. The van der Waals surface area contributed by atoms with Gasteiger partial charge >= 0.3 is 0 Å². The Morgan fingerprint density at radius 3 is 2.48 bits per heavy atom. The topological polar surface area (TPSA) is 41.1 Å². The van der Waals surface area contributed by atoms with Gasteiger partial charge in [0.05, 0.1) is 17.8 Å². The van der Waals surface area contributed by atoms with Crippen molar-refractivity contribution in [1.82, 2.24) is 0 Å². The highest BCUT2D eigenvalue weighted by molar-refractivity contribution is 6.30. The maximum Gasteiger partial charge on any atom is 0.228 e. The fourth-order valence-corrected chi connectivity index (χ4v) is 2.21. The van der Waals surface area contributed by atoms with Crippen molar-refractivity contribution < 1.29 is 4.79 Å². The third-order valence-electron chi connectivity index (χ3n) is 3.09. The summed E-state index contributed by atoms with van der Waals surface area (Å²) in [5.74, 6) is -0.0414. The zero-order valence-corrected chi connectivity index (χ0v) is 13.0. The van der Waals surface area contributed by atoms with Crippen LogP contribution in [0.5, 0.6) is 0 Å². The second kappa shape index (κ2) is 7.14. The van der Waals surface area contributed by atoms with E-state index in [1.807, 2.05) is 44.2 Å². The smallest absolute Gasteiger partial charge is 0.228 e. The molecule has 21 heavy (non-hydrogen) atoms. The van der Waals surface area contributed by atoms with Crippen molar-refractivity contribution in [1.29, 1.82) is 0 Å². The molecule has 3 nitrogen and oxygen atoms in total. The molecule has 0 atom stereocenters. The lowest BCUT2D eigenvalue weighted by Gasteiger charge is -2.13. The van der Waals surface area contributed by atoms with Crippen LogP contribution in [-0.2, 0) is 11.2 Å². The fraction of sp³-hybridized carbons (Fsp3) is 0.235. The lowest BCUT2D eigenvalue weighted by atomic mass is 10.1. The summed E-state index contributed by atoms with van der Waals surface area (Å²) in [4.78, 5) is 12.1. The molecule has 0 saturated heterocycles. The monoisotopic (exact) mass is 302 g/mol. The molecule has 110 valence electrons. The van der Waals surface area contributed by atoms with Crippen LogP contribution < -0.4 is 10.6 Å². The quantitative estimate of drug-likeness (QED) is 0.866. The molecule has 0 aliphatic carbocycles. The molecule has 4 heteroatoms. The highest BCUT2D eigenvalue weighted by Crippen LogP contribution is 2.23. The van der Waals surface area contributed by atoms with Crippen LogP contribution in [0.15, 0.2) is 42.5 Å². The summed E-state index contributed by atoms with van der Waals surface area (Å²) in [7, 11) is 0. The summed E-state index contributed by atoms with van der Waals surface area (Å²) in [6.45, 7) is 4.87. The second-order valence-electron chi connectivity index (χ2n) is 4.93. The summed E-state index contributed by atoms with van der Waals surface area (Å²) < 4.78 is 0. The highest BCUT2D eigenvalue weighted by atomic mass is 35.5. The van der Waals surface area contributed by atoms with Crippen molar-refractivity contribution in [2.24, 2.45) is 0 Å². The fourth-order valence-electron chi connectivity index (χ4n) is 2.09. The maximum atomic E-state index is 12.1. The van der Waals surface area contributed by atoms with Crippen molar-refractivity contribution >= 4 is 28.9 Å². The summed E-state index contributed by atoms with van der Waals surface area (Å²) >= 11 is 5.84. The van der Waals surface area contributed by atoms with Crippen LogP contribution in [0.4, 0.5) is 11.4 Å². The first-order valence-corrected chi connectivity index (χ1v) is 7.35. The number of nitrogens with one attached hydrogen (secondary N) is 2. The molecular formula is C17H19ClN2O. The number of amides is 1. The van der Waals surface area contributed by atoms with Crippen LogP contribution >= 0.6 is 11.6 Å². The van der Waals surface area contributed by atoms with Crippen LogP contribution in [0.1, 0.15) is 18.1 Å². The van der Waals surface area contributed by atoms with E-state index < -0.39 is 0 Å². The van der Waals surface area contributed by atoms with Gasteiger partial charge in [0, 0.05) is 11.6 Å². The molecule has 2 rings (SSSR count). The second-order valence-corrected chi connectivity index (χ2v) is 5.37. The number of hydrogen-bond acceptors (Lipinski definition) is 2. The van der Waals surface area contributed by atoms with E-state index in [0.717, 1.165) is 29.0 Å². The van der Waals surface area contributed by atoms with Gasteiger partial charge in [-0.05, 0) is 49.2 Å². The van der Waals surface area contributed by atoms with Gasteiger partial charge in [0.25, 0.3) is 0 Å². The molecule has 0 bridgehead atoms. The third kappa shape index (κ3) is 4.50. The van der Waals surface area contributed by atoms with Gasteiger partial charge in [0.15, 0.2) is 0 Å². The molecule has 0 aromatic heterocycles. The van der Waals surface area contributed by atoms with Crippen molar-refractivity contribution in [2.75, 3.05) is 17.2 Å². The summed E-state index contributed by atoms with van der Waals surface area (Å²) in [5.41, 5.74) is 3.85. The van der Waals surface area contributed by atoms with E-state index in [4.69, 9.17) is 11.6 Å². The first-order chi connectivity index (χ1) is 10.1. The molecule has 2 aromatic carbocycles. The molecular weight excluding hydrogens is 284 g/mol. The number of rotatable bonds is 5. The average Bonchev–Trinajstić information content (AvgIpc) is 2.45. The zero-order valence-electron chi connectivity index (χ0n) is 12.2. The van der Waals surface area contributed by atoms with Crippen molar-refractivity contribution in [3.63, 3.8) is 0 Å². The highest BCUT2D eigenvalue weighted by Gasteiger charge is 2.08.